The maximum Gasteiger partial charge on any atom is 0.406 e. The van der Waals surface area contributed by atoms with Gasteiger partial charge in [0, 0.05) is 42.1 Å². The van der Waals surface area contributed by atoms with E-state index in [0.717, 1.165) is 4.90 Å². The van der Waals surface area contributed by atoms with Crippen LogP contribution in [0.4, 0.5) is 32.2 Å². The number of halogens is 6. The number of pyridine rings is 1. The maximum absolute atomic E-state index is 15.0. The van der Waals surface area contributed by atoms with Gasteiger partial charge in [0.25, 0.3) is 12.1 Å². The summed E-state index contributed by atoms with van der Waals surface area (Å²) in [4.78, 5) is 45.5. The summed E-state index contributed by atoms with van der Waals surface area (Å²) >= 11 is 0. The zero-order chi connectivity index (χ0) is 31.0. The van der Waals surface area contributed by atoms with Crippen molar-refractivity contribution in [1.29, 1.82) is 0 Å². The molecule has 1 spiro atoms. The van der Waals surface area contributed by atoms with Gasteiger partial charge in [0.05, 0.1) is 11.1 Å². The summed E-state index contributed by atoms with van der Waals surface area (Å²) in [6, 6.07) is 1.48. The molecule has 1 aliphatic carbocycles. The fourth-order valence-corrected chi connectivity index (χ4v) is 6.89. The van der Waals surface area contributed by atoms with Crippen LogP contribution in [0.2, 0.25) is 0 Å². The summed E-state index contributed by atoms with van der Waals surface area (Å²) in [5.74, 6) is -7.72. The topological polar surface area (TPSA) is 118 Å². The normalized spacial score (nSPS) is 28.6. The first-order valence-electron chi connectivity index (χ1n) is 13.5. The number of hydrogen-bond donors (Lipinski definition) is 2. The van der Waals surface area contributed by atoms with E-state index in [1.807, 2.05) is 0 Å². The van der Waals surface area contributed by atoms with Gasteiger partial charge in [0.15, 0.2) is 11.6 Å². The Morgan fingerprint density at radius 1 is 1.19 bits per heavy atom. The number of allylic oxidation sites excluding steroid dienone is 2. The molecule has 0 saturated carbocycles. The van der Waals surface area contributed by atoms with Crippen molar-refractivity contribution in [1.82, 2.24) is 14.8 Å². The number of likely N-dealkylation sites (tertiary alicyclic amines) is 1. The largest absolute Gasteiger partial charge is 0.464 e. The molecule has 1 fully saturated rings. The number of rotatable bonds is 4. The van der Waals surface area contributed by atoms with Crippen LogP contribution in [0.25, 0.3) is 0 Å². The molecule has 1 aromatic heterocycles. The number of amides is 3. The van der Waals surface area contributed by atoms with Gasteiger partial charge in [0.2, 0.25) is 11.8 Å². The standard InChI is InChI=1S/C28H25F6N5O4/c1-12-13(20-15(29)4-5-16(30)21(20)31)9-17(24(41)38(12)11-28(32,33)34)39-18-10-27(7-6-19(18)43-25(39)22(35)40)14-3-2-8-36-23(14)37-26(27)42/h2-5,8,12-13,17,25H,6-7,9-11H2,1H3,(H2,35,40)(H,36,37,42)/t12-,13-,17+,25?,27?/m1/s1. The Morgan fingerprint density at radius 3 is 2.60 bits per heavy atom. The molecule has 2 aromatic rings. The number of fused-ring (bicyclic) bond motifs is 2. The fraction of sp³-hybridized carbons (Fsp3) is 0.429. The number of carbonyl (C=O) groups is 3. The number of aromatic nitrogens is 1. The third-order valence-electron chi connectivity index (χ3n) is 8.88. The molecule has 4 heterocycles. The van der Waals surface area contributed by atoms with Gasteiger partial charge in [-0.3, -0.25) is 14.4 Å². The van der Waals surface area contributed by atoms with Crippen molar-refractivity contribution in [3.63, 3.8) is 0 Å². The molecule has 2 unspecified atom stereocenters. The van der Waals surface area contributed by atoms with Gasteiger partial charge in [-0.15, -0.1) is 0 Å². The monoisotopic (exact) mass is 609 g/mol. The molecule has 15 heteroatoms. The Kier molecular flexibility index (Phi) is 6.62. The van der Waals surface area contributed by atoms with Crippen molar-refractivity contribution in [3.05, 3.63) is 70.5 Å². The highest BCUT2D eigenvalue weighted by Crippen LogP contribution is 2.53. The second-order valence-electron chi connectivity index (χ2n) is 11.2. The molecule has 3 N–H and O–H groups in total. The van der Waals surface area contributed by atoms with Crippen molar-refractivity contribution in [2.24, 2.45) is 5.73 Å². The average Bonchev–Trinajstić information content (AvgIpc) is 3.45. The van der Waals surface area contributed by atoms with Crippen molar-refractivity contribution in [2.45, 2.75) is 68.4 Å². The summed E-state index contributed by atoms with van der Waals surface area (Å²) in [6.45, 7) is -0.584. The Hall–Kier alpha value is -4.30. The molecule has 6 rings (SSSR count). The summed E-state index contributed by atoms with van der Waals surface area (Å²) in [5, 5.41) is 2.72. The van der Waals surface area contributed by atoms with Crippen LogP contribution in [0.5, 0.6) is 0 Å². The minimum absolute atomic E-state index is 0.109. The molecule has 3 amide bonds. The van der Waals surface area contributed by atoms with Gasteiger partial charge < -0.3 is 25.6 Å². The number of ether oxygens (including phenoxy) is 1. The van der Waals surface area contributed by atoms with Crippen LogP contribution < -0.4 is 11.1 Å². The van der Waals surface area contributed by atoms with Crippen molar-refractivity contribution >= 4 is 23.5 Å². The number of piperidine rings is 1. The lowest BCUT2D eigenvalue weighted by Crippen LogP contribution is -2.62. The Balaban J connectivity index is 1.46. The van der Waals surface area contributed by atoms with E-state index in [9.17, 15) is 31.9 Å². The highest BCUT2D eigenvalue weighted by atomic mass is 19.4. The van der Waals surface area contributed by atoms with Gasteiger partial charge in [0.1, 0.15) is 30.0 Å². The van der Waals surface area contributed by atoms with Gasteiger partial charge in [-0.05, 0) is 38.0 Å². The van der Waals surface area contributed by atoms with E-state index in [4.69, 9.17) is 10.5 Å². The average molecular weight is 610 g/mol. The molecule has 1 saturated heterocycles. The number of alkyl halides is 3. The van der Waals surface area contributed by atoms with E-state index < -0.39 is 89.5 Å². The first-order chi connectivity index (χ1) is 20.2. The number of carbonyl (C=O) groups excluding carboxylic acids is 3. The number of anilines is 1. The zero-order valence-electron chi connectivity index (χ0n) is 22.6. The third kappa shape index (κ3) is 4.47. The first kappa shape index (κ1) is 28.8. The second-order valence-corrected chi connectivity index (χ2v) is 11.2. The molecule has 5 atom stereocenters. The SMILES string of the molecule is C[C@@H]1[C@H](c2c(F)ccc(F)c2F)C[C@H](N2C3=C(CCC4(C3)C(=O)Nc3ncccc34)OC2C(N)=O)C(=O)N1CC(F)(F)F. The smallest absolute Gasteiger partial charge is 0.406 e. The van der Waals surface area contributed by atoms with E-state index in [2.05, 4.69) is 10.3 Å². The molecule has 1 aromatic carbocycles. The molecular weight excluding hydrogens is 584 g/mol. The molecule has 228 valence electrons. The molecule has 0 radical (unpaired) electrons. The highest BCUT2D eigenvalue weighted by Gasteiger charge is 2.57. The van der Waals surface area contributed by atoms with Crippen LogP contribution in [0, 0.1) is 17.5 Å². The number of nitrogens with zero attached hydrogens (tertiary/aromatic N) is 3. The van der Waals surface area contributed by atoms with E-state index in [1.54, 1.807) is 12.1 Å². The van der Waals surface area contributed by atoms with E-state index in [1.165, 1.54) is 13.1 Å². The fourth-order valence-electron chi connectivity index (χ4n) is 6.89. The van der Waals surface area contributed by atoms with Crippen molar-refractivity contribution in [3.8, 4) is 0 Å². The van der Waals surface area contributed by atoms with E-state index >= 15 is 8.78 Å². The summed E-state index contributed by atoms with van der Waals surface area (Å²) in [6.07, 6.45) is -5.36. The molecule has 3 aliphatic heterocycles. The van der Waals surface area contributed by atoms with Gasteiger partial charge in [-0.25, -0.2) is 18.2 Å². The van der Waals surface area contributed by atoms with E-state index in [-0.39, 0.29) is 30.7 Å². The predicted molar refractivity (Wildman–Crippen MR) is 136 cm³/mol. The molecule has 4 aliphatic rings. The minimum Gasteiger partial charge on any atom is -0.464 e. The van der Waals surface area contributed by atoms with Crippen LogP contribution >= 0.6 is 0 Å². The Bertz CT molecular complexity index is 1580. The number of benzene rings is 1. The first-order valence-corrected chi connectivity index (χ1v) is 13.5. The van der Waals surface area contributed by atoms with E-state index in [0.29, 0.717) is 28.4 Å². The van der Waals surface area contributed by atoms with Crippen molar-refractivity contribution < 1.29 is 45.5 Å². The lowest BCUT2D eigenvalue weighted by molar-refractivity contribution is -0.176. The number of nitrogens with one attached hydrogen (secondary N) is 1. The molecular formula is C28H25F6N5O4. The lowest BCUT2D eigenvalue weighted by Gasteiger charge is -2.47. The number of primary amides is 1. The summed E-state index contributed by atoms with van der Waals surface area (Å²) in [5.41, 5.74) is 4.34. The van der Waals surface area contributed by atoms with Crippen molar-refractivity contribution in [2.75, 3.05) is 11.9 Å². The second kappa shape index (κ2) is 9.88. The summed E-state index contributed by atoms with van der Waals surface area (Å²) < 4.78 is 91.3. The van der Waals surface area contributed by atoms with Crippen LogP contribution in [0.3, 0.4) is 0 Å². The van der Waals surface area contributed by atoms with Crippen LogP contribution in [0.1, 0.15) is 49.7 Å². The maximum atomic E-state index is 15.0. The molecule has 0 bridgehead atoms. The van der Waals surface area contributed by atoms with Gasteiger partial charge in [-0.2, -0.15) is 13.2 Å². The zero-order valence-corrected chi connectivity index (χ0v) is 22.6. The number of hydrogen-bond acceptors (Lipinski definition) is 6. The van der Waals surface area contributed by atoms with Gasteiger partial charge in [-0.1, -0.05) is 6.07 Å². The van der Waals surface area contributed by atoms with Gasteiger partial charge >= 0.3 is 6.18 Å². The minimum atomic E-state index is -4.90. The van der Waals surface area contributed by atoms with Crippen LogP contribution in [-0.4, -0.2) is 63.5 Å². The quantitative estimate of drug-likeness (QED) is 0.405. The lowest BCUT2D eigenvalue weighted by atomic mass is 9.71. The Morgan fingerprint density at radius 2 is 1.91 bits per heavy atom. The molecule has 9 nitrogen and oxygen atoms in total. The summed E-state index contributed by atoms with van der Waals surface area (Å²) in [7, 11) is 0. The highest BCUT2D eigenvalue weighted by molar-refractivity contribution is 6.05. The molecule has 43 heavy (non-hydrogen) atoms. The van der Waals surface area contributed by atoms with Crippen LogP contribution in [-0.2, 0) is 24.5 Å². The third-order valence-corrected chi connectivity index (χ3v) is 8.88. The predicted octanol–water partition coefficient (Wildman–Crippen LogP) is 3.56. The van der Waals surface area contributed by atoms with Crippen LogP contribution in [0.15, 0.2) is 41.9 Å². The number of nitrogens with two attached hydrogens (primary N) is 1. The Labute approximate surface area is 240 Å².